The van der Waals surface area contributed by atoms with E-state index in [2.05, 4.69) is 30.6 Å². The summed E-state index contributed by atoms with van der Waals surface area (Å²) in [5, 5.41) is 14.4. The number of anilines is 2. The molecule has 11 nitrogen and oxygen atoms in total. The highest BCUT2D eigenvalue weighted by Gasteiger charge is 2.60. The summed E-state index contributed by atoms with van der Waals surface area (Å²) in [7, 11) is 1.31. The van der Waals surface area contributed by atoms with Crippen LogP contribution >= 0.6 is 23.2 Å². The van der Waals surface area contributed by atoms with Crippen LogP contribution in [0.1, 0.15) is 12.6 Å². The second-order valence-corrected chi connectivity index (χ2v) is 8.54. The first-order valence-electron chi connectivity index (χ1n) is 9.84. The third kappa shape index (κ3) is 3.60. The van der Waals surface area contributed by atoms with E-state index in [1.165, 1.54) is 37.8 Å². The summed E-state index contributed by atoms with van der Waals surface area (Å²) in [6.45, 7) is 0.258. The second kappa shape index (κ2) is 7.95. The number of carbonyl (C=O) groups excluding carboxylic acids is 1. The highest BCUT2D eigenvalue weighted by Crippen LogP contribution is 2.50. The van der Waals surface area contributed by atoms with Gasteiger partial charge in [0.25, 0.3) is 0 Å². The van der Waals surface area contributed by atoms with Crippen molar-refractivity contribution in [1.82, 2.24) is 34.6 Å². The van der Waals surface area contributed by atoms with Gasteiger partial charge in [0.2, 0.25) is 5.88 Å². The van der Waals surface area contributed by atoms with Crippen LogP contribution in [0.4, 0.5) is 29.3 Å². The van der Waals surface area contributed by atoms with Gasteiger partial charge in [-0.3, -0.25) is 4.90 Å². The molecule has 0 fully saturated rings. The molecule has 5 rings (SSSR count). The molecule has 1 aliphatic rings. The Kier molecular flexibility index (Phi) is 5.25. The maximum absolute atomic E-state index is 14.3. The molecule has 1 aliphatic heterocycles. The molecule has 0 radical (unpaired) electrons. The Hall–Kier alpha value is -3.65. The predicted molar refractivity (Wildman–Crippen MR) is 118 cm³/mol. The standard InChI is InChI=1S/C19H14Cl2F3N9O2/c1-18(19(22,23)24)8-31(11-7-25-13-6-12(21)30-32(13)14(11)18)17(34)28-10-5-9(20)15(29-16(10)35-2)33-26-3-4-27-33/h3-7H,8H2,1-2H3,(H,28,34)/t18-/m1/s1. The van der Waals surface area contributed by atoms with Gasteiger partial charge in [0.15, 0.2) is 16.6 Å². The fraction of sp³-hybridized carbons (Fsp3) is 0.263. The van der Waals surface area contributed by atoms with E-state index >= 15 is 0 Å². The van der Waals surface area contributed by atoms with E-state index in [4.69, 9.17) is 27.9 Å². The molecule has 16 heteroatoms. The molecular weight excluding hydrogens is 514 g/mol. The number of halogens is 5. The number of nitrogens with zero attached hydrogens (tertiary/aromatic N) is 8. The summed E-state index contributed by atoms with van der Waals surface area (Å²) >= 11 is 12.2. The van der Waals surface area contributed by atoms with Gasteiger partial charge in [-0.2, -0.15) is 33.5 Å². The van der Waals surface area contributed by atoms with Gasteiger partial charge in [0.1, 0.15) is 11.1 Å². The van der Waals surface area contributed by atoms with Crippen LogP contribution in [-0.2, 0) is 5.41 Å². The summed E-state index contributed by atoms with van der Waals surface area (Å²) < 4.78 is 49.0. The van der Waals surface area contributed by atoms with Gasteiger partial charge in [0, 0.05) is 12.6 Å². The molecule has 0 bridgehead atoms. The zero-order valence-electron chi connectivity index (χ0n) is 17.9. The number of fused-ring (bicyclic) bond motifs is 3. The molecule has 0 saturated carbocycles. The topological polar surface area (TPSA) is 115 Å². The largest absolute Gasteiger partial charge is 0.479 e. The molecule has 1 N–H and O–H groups in total. The van der Waals surface area contributed by atoms with Gasteiger partial charge in [-0.05, 0) is 13.0 Å². The second-order valence-electron chi connectivity index (χ2n) is 7.74. The Morgan fingerprint density at radius 3 is 2.60 bits per heavy atom. The van der Waals surface area contributed by atoms with E-state index in [1.807, 2.05) is 0 Å². The summed E-state index contributed by atoms with van der Waals surface area (Å²) in [6, 6.07) is 1.77. The number of amides is 2. The molecule has 182 valence electrons. The maximum atomic E-state index is 14.3. The van der Waals surface area contributed by atoms with E-state index < -0.39 is 24.2 Å². The maximum Gasteiger partial charge on any atom is 0.401 e. The summed E-state index contributed by atoms with van der Waals surface area (Å²) in [5.41, 5.74) is -2.65. The van der Waals surface area contributed by atoms with Crippen LogP contribution in [0.25, 0.3) is 11.5 Å². The fourth-order valence-corrected chi connectivity index (χ4v) is 4.25. The van der Waals surface area contributed by atoms with Crippen molar-refractivity contribution in [2.24, 2.45) is 0 Å². The van der Waals surface area contributed by atoms with Crippen LogP contribution in [-0.4, -0.2) is 60.4 Å². The van der Waals surface area contributed by atoms with Gasteiger partial charge in [-0.1, -0.05) is 23.2 Å². The first kappa shape index (κ1) is 23.1. The van der Waals surface area contributed by atoms with Crippen LogP contribution in [0.3, 0.4) is 0 Å². The first-order valence-corrected chi connectivity index (χ1v) is 10.6. The van der Waals surface area contributed by atoms with Crippen LogP contribution in [0.2, 0.25) is 10.2 Å². The van der Waals surface area contributed by atoms with E-state index in [0.29, 0.717) is 0 Å². The van der Waals surface area contributed by atoms with E-state index in [0.717, 1.165) is 21.1 Å². The molecule has 0 saturated heterocycles. The number of rotatable bonds is 3. The number of carbonyl (C=O) groups is 1. The number of alkyl halides is 3. The number of aromatic nitrogens is 7. The van der Waals surface area contributed by atoms with Gasteiger partial charge in [-0.15, -0.1) is 4.80 Å². The molecule has 0 spiro atoms. The SMILES string of the molecule is COc1nc(-n2nccn2)c(Cl)cc1NC(=O)N1C[C@@](C)(C(F)(F)F)c2c1cnc1cc(Cl)nn21. The highest BCUT2D eigenvalue weighted by atomic mass is 35.5. The van der Waals surface area contributed by atoms with E-state index in [9.17, 15) is 18.0 Å². The zero-order chi connectivity index (χ0) is 25.1. The molecular formula is C19H14Cl2F3N9O2. The van der Waals surface area contributed by atoms with Crippen molar-refractivity contribution in [2.75, 3.05) is 23.9 Å². The lowest BCUT2D eigenvalue weighted by Gasteiger charge is -2.28. The number of ether oxygens (including phenoxy) is 1. The fourth-order valence-electron chi connectivity index (χ4n) is 3.85. The number of urea groups is 1. The van der Waals surface area contributed by atoms with Gasteiger partial charge in [0.05, 0.1) is 42.1 Å². The minimum atomic E-state index is -4.72. The number of pyridine rings is 1. The van der Waals surface area contributed by atoms with E-state index in [-0.39, 0.29) is 44.6 Å². The van der Waals surface area contributed by atoms with Crippen LogP contribution < -0.4 is 15.0 Å². The molecule has 4 aromatic rings. The quantitative estimate of drug-likeness (QED) is 0.429. The first-order chi connectivity index (χ1) is 16.5. The molecule has 0 aliphatic carbocycles. The van der Waals surface area contributed by atoms with Crippen LogP contribution in [0.5, 0.6) is 5.88 Å². The number of hydrogen-bond acceptors (Lipinski definition) is 7. The highest BCUT2D eigenvalue weighted by molar-refractivity contribution is 6.32. The summed E-state index contributed by atoms with van der Waals surface area (Å²) in [6.07, 6.45) is -0.709. The van der Waals surface area contributed by atoms with Crippen molar-refractivity contribution in [3.63, 3.8) is 0 Å². The Morgan fingerprint density at radius 2 is 1.94 bits per heavy atom. The Bertz CT molecular complexity index is 1460. The van der Waals surface area contributed by atoms with Gasteiger partial charge >= 0.3 is 12.2 Å². The minimum absolute atomic E-state index is 0.0248. The predicted octanol–water partition coefficient (Wildman–Crippen LogP) is 3.89. The number of methoxy groups -OCH3 is 1. The lowest BCUT2D eigenvalue weighted by Crippen LogP contribution is -2.46. The lowest BCUT2D eigenvalue weighted by molar-refractivity contribution is -0.181. The lowest BCUT2D eigenvalue weighted by atomic mass is 9.88. The van der Waals surface area contributed by atoms with Crippen LogP contribution in [0, 0.1) is 0 Å². The number of nitrogens with one attached hydrogen (secondary N) is 1. The summed E-state index contributed by atoms with van der Waals surface area (Å²) in [4.78, 5) is 23.6. The van der Waals surface area contributed by atoms with Crippen molar-refractivity contribution in [3.05, 3.63) is 46.6 Å². The van der Waals surface area contributed by atoms with Crippen molar-refractivity contribution in [3.8, 4) is 11.7 Å². The smallest absolute Gasteiger partial charge is 0.401 e. The molecule has 2 amide bonds. The van der Waals surface area contributed by atoms with E-state index in [1.54, 1.807) is 0 Å². The Labute approximate surface area is 204 Å². The monoisotopic (exact) mass is 527 g/mol. The minimum Gasteiger partial charge on any atom is -0.479 e. The third-order valence-electron chi connectivity index (χ3n) is 5.56. The average Bonchev–Trinajstić information content (AvgIpc) is 3.51. The van der Waals surface area contributed by atoms with Gasteiger partial charge in [-0.25, -0.2) is 14.3 Å². The third-order valence-corrected chi connectivity index (χ3v) is 6.02. The zero-order valence-corrected chi connectivity index (χ0v) is 19.4. The molecule has 0 unspecified atom stereocenters. The Morgan fingerprint density at radius 1 is 1.23 bits per heavy atom. The number of hydrogen-bond donors (Lipinski definition) is 1. The van der Waals surface area contributed by atoms with Crippen molar-refractivity contribution in [2.45, 2.75) is 18.5 Å². The van der Waals surface area contributed by atoms with Crippen molar-refractivity contribution >= 4 is 46.3 Å². The summed E-state index contributed by atoms with van der Waals surface area (Å²) in [5.74, 6) is 0.0744. The average molecular weight is 528 g/mol. The normalized spacial score (nSPS) is 17.6. The molecule has 5 heterocycles. The molecule has 4 aromatic heterocycles. The van der Waals surface area contributed by atoms with Crippen molar-refractivity contribution in [1.29, 1.82) is 0 Å². The Balaban J connectivity index is 1.55. The molecule has 35 heavy (non-hydrogen) atoms. The van der Waals surface area contributed by atoms with Gasteiger partial charge < -0.3 is 10.1 Å². The molecule has 1 atom stereocenters. The van der Waals surface area contributed by atoms with Crippen molar-refractivity contribution < 1.29 is 22.7 Å². The van der Waals surface area contributed by atoms with Crippen LogP contribution in [0.15, 0.2) is 30.7 Å². The molecule has 0 aromatic carbocycles.